The average molecular weight is 419 g/mol. The molecule has 2 aromatic carbocycles. The molecule has 0 aliphatic carbocycles. The van der Waals surface area contributed by atoms with Crippen LogP contribution in [0.3, 0.4) is 0 Å². The number of carbonyl (C=O) groups is 1. The normalized spacial score (nSPS) is 10.7. The lowest BCUT2D eigenvalue weighted by atomic mass is 9.96. The van der Waals surface area contributed by atoms with Crippen molar-refractivity contribution in [3.63, 3.8) is 0 Å². The van der Waals surface area contributed by atoms with E-state index in [1.165, 1.54) is 7.11 Å². The lowest BCUT2D eigenvalue weighted by Crippen LogP contribution is -2.22. The lowest BCUT2D eigenvalue weighted by Gasteiger charge is -2.11. The Morgan fingerprint density at radius 2 is 1.90 bits per heavy atom. The smallest absolute Gasteiger partial charge is 0.342 e. The van der Waals surface area contributed by atoms with Crippen molar-refractivity contribution in [2.75, 3.05) is 7.11 Å². The third-order valence-corrected chi connectivity index (χ3v) is 4.93. The van der Waals surface area contributed by atoms with Crippen LogP contribution in [0, 0.1) is 11.3 Å². The Kier molecular flexibility index (Phi) is 5.09. The van der Waals surface area contributed by atoms with Gasteiger partial charge in [-0.2, -0.15) is 9.78 Å². The Hall–Kier alpha value is -3.89. The summed E-state index contributed by atoms with van der Waals surface area (Å²) in [6.07, 6.45) is 0.417. The number of ether oxygens (including phenoxy) is 1. The van der Waals surface area contributed by atoms with Crippen LogP contribution in [0.2, 0.25) is 5.02 Å². The Balaban J connectivity index is 2.03. The third kappa shape index (κ3) is 3.34. The first-order chi connectivity index (χ1) is 14.5. The van der Waals surface area contributed by atoms with E-state index in [1.807, 2.05) is 36.4 Å². The number of H-pyrrole nitrogens is 1. The largest absolute Gasteiger partial charge is 0.465 e. The van der Waals surface area contributed by atoms with Gasteiger partial charge in [0.2, 0.25) is 0 Å². The van der Waals surface area contributed by atoms with Crippen molar-refractivity contribution < 1.29 is 9.53 Å². The number of aromatic amines is 1. The fourth-order valence-electron chi connectivity index (χ4n) is 3.33. The number of benzene rings is 2. The summed E-state index contributed by atoms with van der Waals surface area (Å²) in [6, 6.07) is 18.0. The molecule has 2 aromatic heterocycles. The number of methoxy groups -OCH3 is 1. The zero-order valence-corrected chi connectivity index (χ0v) is 16.6. The molecular formula is C22H15ClN4O3. The second-order valence-electron chi connectivity index (χ2n) is 6.53. The topological polar surface area (TPSA) is 100 Å². The minimum absolute atomic E-state index is 0.0338. The van der Waals surface area contributed by atoms with Crippen molar-refractivity contribution in [1.82, 2.24) is 14.6 Å². The van der Waals surface area contributed by atoms with Gasteiger partial charge < -0.3 is 4.74 Å². The van der Waals surface area contributed by atoms with Crippen LogP contribution < -0.4 is 5.56 Å². The summed E-state index contributed by atoms with van der Waals surface area (Å²) in [5.74, 6) is -0.229. The SMILES string of the molecule is COC(=O)c1c(-c2ccc(Cl)cc2)c(C#N)c(=O)n2[nH]c(Cc3ccccc3)nc12. The fraction of sp³-hybridized carbons (Fsp3) is 0.0909. The van der Waals surface area contributed by atoms with Crippen molar-refractivity contribution in [3.8, 4) is 17.2 Å². The monoisotopic (exact) mass is 418 g/mol. The van der Waals surface area contributed by atoms with E-state index < -0.39 is 11.5 Å². The molecule has 0 spiro atoms. The summed E-state index contributed by atoms with van der Waals surface area (Å²) < 4.78 is 6.07. The van der Waals surface area contributed by atoms with Crippen LogP contribution in [0.25, 0.3) is 16.8 Å². The van der Waals surface area contributed by atoms with Gasteiger partial charge in [0.05, 0.1) is 7.11 Å². The van der Waals surface area contributed by atoms with Crippen LogP contribution in [0.1, 0.15) is 27.3 Å². The molecule has 0 atom stereocenters. The fourth-order valence-corrected chi connectivity index (χ4v) is 3.45. The van der Waals surface area contributed by atoms with E-state index in [-0.39, 0.29) is 22.3 Å². The van der Waals surface area contributed by atoms with E-state index in [4.69, 9.17) is 16.3 Å². The number of rotatable bonds is 4. The summed E-state index contributed by atoms with van der Waals surface area (Å²) >= 11 is 5.97. The van der Waals surface area contributed by atoms with Gasteiger partial charge in [0, 0.05) is 17.0 Å². The first-order valence-electron chi connectivity index (χ1n) is 8.99. The summed E-state index contributed by atoms with van der Waals surface area (Å²) in [4.78, 5) is 30.2. The number of fused-ring (bicyclic) bond motifs is 1. The van der Waals surface area contributed by atoms with Crippen molar-refractivity contribution in [3.05, 3.63) is 92.5 Å². The lowest BCUT2D eigenvalue weighted by molar-refractivity contribution is 0.0603. The number of esters is 1. The number of hydrogen-bond acceptors (Lipinski definition) is 5. The van der Waals surface area contributed by atoms with Gasteiger partial charge in [0.25, 0.3) is 5.56 Å². The van der Waals surface area contributed by atoms with Crippen LogP contribution in [0.5, 0.6) is 0 Å². The van der Waals surface area contributed by atoms with Crippen molar-refractivity contribution in [1.29, 1.82) is 5.26 Å². The second kappa shape index (κ2) is 7.85. The second-order valence-corrected chi connectivity index (χ2v) is 6.97. The zero-order valence-electron chi connectivity index (χ0n) is 15.8. The average Bonchev–Trinajstić information content (AvgIpc) is 3.18. The van der Waals surface area contributed by atoms with E-state index >= 15 is 0 Å². The molecule has 0 saturated carbocycles. The molecule has 0 fully saturated rings. The van der Waals surface area contributed by atoms with Crippen molar-refractivity contribution >= 4 is 23.2 Å². The molecule has 30 heavy (non-hydrogen) atoms. The van der Waals surface area contributed by atoms with Crippen LogP contribution in [-0.4, -0.2) is 27.7 Å². The molecule has 7 nitrogen and oxygen atoms in total. The number of aromatic nitrogens is 3. The molecule has 0 aliphatic rings. The van der Waals surface area contributed by atoms with Crippen LogP contribution in [-0.2, 0) is 11.2 Å². The predicted molar refractivity (Wildman–Crippen MR) is 112 cm³/mol. The minimum Gasteiger partial charge on any atom is -0.465 e. The van der Waals surface area contributed by atoms with Gasteiger partial charge in [-0.3, -0.25) is 9.89 Å². The quantitative estimate of drug-likeness (QED) is 0.510. The number of nitrogens with zero attached hydrogens (tertiary/aromatic N) is 3. The number of halogens is 1. The van der Waals surface area contributed by atoms with Crippen molar-refractivity contribution in [2.24, 2.45) is 0 Å². The number of carbonyl (C=O) groups excluding carboxylic acids is 1. The molecule has 0 aliphatic heterocycles. The molecule has 1 N–H and O–H groups in total. The molecule has 0 radical (unpaired) electrons. The zero-order chi connectivity index (χ0) is 21.3. The molecule has 4 aromatic rings. The summed E-state index contributed by atoms with van der Waals surface area (Å²) in [5.41, 5.74) is 0.977. The third-order valence-electron chi connectivity index (χ3n) is 4.68. The number of nitriles is 1. The standard InChI is InChI=1S/C22H15ClN4O3/c1-30-22(29)19-18(14-7-9-15(23)10-8-14)16(12-24)21(28)27-20(19)25-17(26-27)11-13-5-3-2-4-6-13/h2-10H,11H2,1H3,(H,25,26). The van der Waals surface area contributed by atoms with Crippen molar-refractivity contribution in [2.45, 2.75) is 6.42 Å². The maximum absolute atomic E-state index is 13.0. The van der Waals surface area contributed by atoms with Gasteiger partial charge in [0.15, 0.2) is 5.65 Å². The summed E-state index contributed by atoms with van der Waals surface area (Å²) in [6.45, 7) is 0. The number of nitrogens with one attached hydrogen (secondary N) is 1. The molecule has 2 heterocycles. The number of pyridine rings is 1. The van der Waals surface area contributed by atoms with Crippen LogP contribution in [0.4, 0.5) is 0 Å². The van der Waals surface area contributed by atoms with Gasteiger partial charge in [-0.05, 0) is 23.3 Å². The molecule has 0 saturated heterocycles. The molecule has 4 rings (SSSR count). The highest BCUT2D eigenvalue weighted by atomic mass is 35.5. The molecule has 148 valence electrons. The minimum atomic E-state index is -0.702. The van der Waals surface area contributed by atoms with Gasteiger partial charge in [-0.1, -0.05) is 54.1 Å². The van der Waals surface area contributed by atoms with Gasteiger partial charge in [-0.25, -0.2) is 9.78 Å². The molecule has 0 amide bonds. The van der Waals surface area contributed by atoms with E-state index in [1.54, 1.807) is 24.3 Å². The van der Waals surface area contributed by atoms with Gasteiger partial charge in [0.1, 0.15) is 23.0 Å². The molecule has 0 bridgehead atoms. The Bertz CT molecular complexity index is 1350. The van der Waals surface area contributed by atoms with Gasteiger partial charge >= 0.3 is 5.97 Å². The van der Waals surface area contributed by atoms with E-state index in [9.17, 15) is 14.9 Å². The highest BCUT2D eigenvalue weighted by Crippen LogP contribution is 2.30. The predicted octanol–water partition coefficient (Wildman–Crippen LogP) is 3.59. The maximum atomic E-state index is 13.0. The highest BCUT2D eigenvalue weighted by molar-refractivity contribution is 6.30. The molecular weight excluding hydrogens is 404 g/mol. The summed E-state index contributed by atoms with van der Waals surface area (Å²) in [5, 5.41) is 13.1. The first-order valence-corrected chi connectivity index (χ1v) is 9.37. The number of hydrogen-bond donors (Lipinski definition) is 1. The first kappa shape index (κ1) is 19.4. The Labute approximate surface area is 176 Å². The summed E-state index contributed by atoms with van der Waals surface area (Å²) in [7, 11) is 1.24. The molecule has 0 unspecified atom stereocenters. The Morgan fingerprint density at radius 1 is 1.20 bits per heavy atom. The van der Waals surface area contributed by atoms with E-state index in [0.29, 0.717) is 22.8 Å². The van der Waals surface area contributed by atoms with E-state index in [0.717, 1.165) is 10.1 Å². The highest BCUT2D eigenvalue weighted by Gasteiger charge is 2.27. The van der Waals surface area contributed by atoms with Gasteiger partial charge in [-0.15, -0.1) is 0 Å². The Morgan fingerprint density at radius 3 is 2.53 bits per heavy atom. The van der Waals surface area contributed by atoms with E-state index in [2.05, 4.69) is 10.1 Å². The van der Waals surface area contributed by atoms with Crippen LogP contribution in [0.15, 0.2) is 59.4 Å². The maximum Gasteiger partial charge on any atom is 0.342 e. The van der Waals surface area contributed by atoms with Crippen LogP contribution >= 0.6 is 11.6 Å². The molecule has 8 heteroatoms.